The molecule has 154 valence electrons. The van der Waals surface area contributed by atoms with E-state index in [9.17, 15) is 9.90 Å². The summed E-state index contributed by atoms with van der Waals surface area (Å²) in [5, 5.41) is 9.86. The number of hydrazine groups is 1. The molecule has 0 atom stereocenters. The molecule has 0 bridgehead atoms. The Bertz CT molecular complexity index is 812. The monoisotopic (exact) mass is 397 g/mol. The zero-order valence-corrected chi connectivity index (χ0v) is 16.5. The molecule has 3 N–H and O–H groups in total. The van der Waals surface area contributed by atoms with Crippen LogP contribution in [-0.2, 0) is 0 Å². The minimum absolute atomic E-state index is 0.0783. The summed E-state index contributed by atoms with van der Waals surface area (Å²) in [4.78, 5) is 30.5. The molecule has 3 heterocycles. The Morgan fingerprint density at radius 1 is 0.828 bits per heavy atom. The number of amides is 1. The number of hydrogen-bond donors (Lipinski definition) is 3. The van der Waals surface area contributed by atoms with Gasteiger partial charge in [-0.3, -0.25) is 15.6 Å². The van der Waals surface area contributed by atoms with Crippen molar-refractivity contribution in [2.75, 3.05) is 41.4 Å². The normalized spacial score (nSPS) is 17.1. The largest absolute Gasteiger partial charge is 0.507 e. The van der Waals surface area contributed by atoms with E-state index >= 15 is 0 Å². The van der Waals surface area contributed by atoms with Crippen molar-refractivity contribution < 1.29 is 9.90 Å². The van der Waals surface area contributed by atoms with Crippen molar-refractivity contribution in [2.45, 2.75) is 38.5 Å². The van der Waals surface area contributed by atoms with Gasteiger partial charge in [0.15, 0.2) is 0 Å². The van der Waals surface area contributed by atoms with Crippen LogP contribution in [0.3, 0.4) is 0 Å². The van der Waals surface area contributed by atoms with E-state index in [1.807, 2.05) is 0 Å². The zero-order valence-electron chi connectivity index (χ0n) is 16.5. The number of para-hydroxylation sites is 1. The molecule has 9 nitrogen and oxygen atoms in total. The summed E-state index contributed by atoms with van der Waals surface area (Å²) in [5.74, 6) is 1.04. The molecular formula is C20H27N7O2. The molecule has 0 radical (unpaired) electrons. The second-order valence-electron chi connectivity index (χ2n) is 7.45. The summed E-state index contributed by atoms with van der Waals surface area (Å²) in [7, 11) is 0. The van der Waals surface area contributed by atoms with Gasteiger partial charge in [-0.25, -0.2) is 0 Å². The van der Waals surface area contributed by atoms with Gasteiger partial charge < -0.3 is 14.9 Å². The van der Waals surface area contributed by atoms with Gasteiger partial charge in [0.1, 0.15) is 5.75 Å². The van der Waals surface area contributed by atoms with Crippen LogP contribution in [0.4, 0.5) is 17.8 Å². The van der Waals surface area contributed by atoms with Crippen LogP contribution in [0.2, 0.25) is 0 Å². The fourth-order valence-electron chi connectivity index (χ4n) is 3.73. The van der Waals surface area contributed by atoms with Crippen molar-refractivity contribution >= 4 is 23.8 Å². The highest BCUT2D eigenvalue weighted by Crippen LogP contribution is 2.22. The number of aromatic hydroxyl groups is 1. The predicted octanol–water partition coefficient (Wildman–Crippen LogP) is 2.31. The molecule has 0 unspecified atom stereocenters. The maximum absolute atomic E-state index is 12.4. The standard InChI is InChI=1S/C20H27N7O2/c28-16-10-4-3-9-15(16)17(29)24-25-18-21-19(26-11-5-1-6-12-26)23-20(22-18)27-13-7-2-8-14-27/h3-4,9-10,28H,1-2,5-8,11-14H2,(H,24,29)(H,21,22,23,25). The van der Waals surface area contributed by atoms with Gasteiger partial charge in [-0.2, -0.15) is 15.0 Å². The maximum Gasteiger partial charge on any atom is 0.273 e. The number of aromatic nitrogens is 3. The second-order valence-corrected chi connectivity index (χ2v) is 7.45. The van der Waals surface area contributed by atoms with Crippen molar-refractivity contribution in [2.24, 2.45) is 0 Å². The van der Waals surface area contributed by atoms with Gasteiger partial charge in [-0.15, -0.1) is 0 Å². The number of phenolic OH excluding ortho intramolecular Hbond substituents is 1. The minimum Gasteiger partial charge on any atom is -0.507 e. The molecule has 2 saturated heterocycles. The number of rotatable bonds is 5. The summed E-state index contributed by atoms with van der Waals surface area (Å²) < 4.78 is 0. The van der Waals surface area contributed by atoms with Crippen LogP contribution in [0.15, 0.2) is 24.3 Å². The Hall–Kier alpha value is -3.10. The van der Waals surface area contributed by atoms with Crippen LogP contribution in [0.1, 0.15) is 48.9 Å². The van der Waals surface area contributed by atoms with E-state index in [0.29, 0.717) is 17.8 Å². The highest BCUT2D eigenvalue weighted by molar-refractivity contribution is 5.97. The molecule has 2 aliphatic rings. The Morgan fingerprint density at radius 3 is 1.93 bits per heavy atom. The molecule has 29 heavy (non-hydrogen) atoms. The second kappa shape index (κ2) is 8.93. The van der Waals surface area contributed by atoms with Gasteiger partial charge in [-0.05, 0) is 50.7 Å². The van der Waals surface area contributed by atoms with Gasteiger partial charge >= 0.3 is 0 Å². The molecule has 0 aliphatic carbocycles. The van der Waals surface area contributed by atoms with E-state index < -0.39 is 5.91 Å². The fraction of sp³-hybridized carbons (Fsp3) is 0.500. The number of carbonyl (C=O) groups excluding carboxylic acids is 1. The molecule has 4 rings (SSSR count). The number of nitrogens with zero attached hydrogens (tertiary/aromatic N) is 5. The number of hydrogen-bond acceptors (Lipinski definition) is 8. The first-order chi connectivity index (χ1) is 14.2. The number of benzene rings is 1. The molecule has 2 aliphatic heterocycles. The average molecular weight is 397 g/mol. The van der Waals surface area contributed by atoms with Gasteiger partial charge in [0, 0.05) is 26.2 Å². The lowest BCUT2D eigenvalue weighted by Gasteiger charge is -2.30. The first-order valence-electron chi connectivity index (χ1n) is 10.3. The number of phenols is 1. The van der Waals surface area contributed by atoms with Crippen LogP contribution in [0.5, 0.6) is 5.75 Å². The average Bonchev–Trinajstić information content (AvgIpc) is 2.79. The summed E-state index contributed by atoms with van der Waals surface area (Å²) in [6, 6.07) is 6.39. The van der Waals surface area contributed by atoms with E-state index in [1.54, 1.807) is 18.2 Å². The topological polar surface area (TPSA) is 107 Å². The van der Waals surface area contributed by atoms with Crippen LogP contribution in [-0.4, -0.2) is 52.1 Å². The van der Waals surface area contributed by atoms with Gasteiger partial charge in [0.05, 0.1) is 5.56 Å². The highest BCUT2D eigenvalue weighted by Gasteiger charge is 2.20. The zero-order chi connectivity index (χ0) is 20.1. The molecular weight excluding hydrogens is 370 g/mol. The lowest BCUT2D eigenvalue weighted by molar-refractivity contribution is 0.0959. The van der Waals surface area contributed by atoms with Gasteiger partial charge in [0.25, 0.3) is 5.91 Å². The third kappa shape index (κ3) is 4.67. The third-order valence-corrected chi connectivity index (χ3v) is 5.33. The van der Waals surface area contributed by atoms with Crippen molar-refractivity contribution in [1.82, 2.24) is 20.4 Å². The summed E-state index contributed by atoms with van der Waals surface area (Å²) in [5.41, 5.74) is 5.56. The quantitative estimate of drug-likeness (QED) is 0.660. The fourth-order valence-corrected chi connectivity index (χ4v) is 3.73. The minimum atomic E-state index is -0.456. The smallest absolute Gasteiger partial charge is 0.273 e. The molecule has 1 aromatic heterocycles. The van der Waals surface area contributed by atoms with Crippen molar-refractivity contribution in [3.05, 3.63) is 29.8 Å². The first-order valence-corrected chi connectivity index (χ1v) is 10.3. The van der Waals surface area contributed by atoms with E-state index in [1.165, 1.54) is 18.9 Å². The molecule has 0 saturated carbocycles. The van der Waals surface area contributed by atoms with Crippen molar-refractivity contribution in [1.29, 1.82) is 0 Å². The summed E-state index contributed by atoms with van der Waals surface area (Å²) in [6.45, 7) is 3.70. The van der Waals surface area contributed by atoms with Crippen LogP contribution in [0.25, 0.3) is 0 Å². The highest BCUT2D eigenvalue weighted by atomic mass is 16.3. The number of carbonyl (C=O) groups is 1. The first kappa shape index (κ1) is 19.2. The van der Waals surface area contributed by atoms with E-state index in [0.717, 1.165) is 51.9 Å². The molecule has 9 heteroatoms. The third-order valence-electron chi connectivity index (χ3n) is 5.33. The molecule has 2 fully saturated rings. The van der Waals surface area contributed by atoms with Crippen molar-refractivity contribution in [3.63, 3.8) is 0 Å². The summed E-state index contributed by atoms with van der Waals surface area (Å²) >= 11 is 0. The predicted molar refractivity (Wildman–Crippen MR) is 111 cm³/mol. The van der Waals surface area contributed by atoms with Crippen LogP contribution < -0.4 is 20.7 Å². The number of nitrogens with one attached hydrogen (secondary N) is 2. The molecule has 0 spiro atoms. The van der Waals surface area contributed by atoms with E-state index in [2.05, 4.69) is 30.6 Å². The molecule has 1 aromatic carbocycles. The van der Waals surface area contributed by atoms with Gasteiger partial charge in [-0.1, -0.05) is 12.1 Å². The maximum atomic E-state index is 12.4. The van der Waals surface area contributed by atoms with Crippen LogP contribution in [0, 0.1) is 0 Å². The SMILES string of the molecule is O=C(NNc1nc(N2CCCCC2)nc(N2CCCCC2)n1)c1ccccc1O. The Labute approximate surface area is 170 Å². The number of anilines is 3. The molecule has 1 amide bonds. The molecule has 2 aromatic rings. The Morgan fingerprint density at radius 2 is 1.38 bits per heavy atom. The Kier molecular flexibility index (Phi) is 5.92. The number of piperidine rings is 2. The van der Waals surface area contributed by atoms with E-state index in [-0.39, 0.29) is 11.3 Å². The van der Waals surface area contributed by atoms with E-state index in [4.69, 9.17) is 4.98 Å². The van der Waals surface area contributed by atoms with Crippen LogP contribution >= 0.6 is 0 Å². The lowest BCUT2D eigenvalue weighted by atomic mass is 10.1. The summed E-state index contributed by atoms with van der Waals surface area (Å²) in [6.07, 6.45) is 6.94. The lowest BCUT2D eigenvalue weighted by Crippen LogP contribution is -2.36. The Balaban J connectivity index is 1.54. The van der Waals surface area contributed by atoms with Crippen molar-refractivity contribution in [3.8, 4) is 5.75 Å². The van der Waals surface area contributed by atoms with Gasteiger partial charge in [0.2, 0.25) is 17.8 Å².